The van der Waals surface area contributed by atoms with Gasteiger partial charge in [-0.15, -0.1) is 0 Å². The van der Waals surface area contributed by atoms with Crippen molar-refractivity contribution in [2.45, 2.75) is 13.3 Å². The first-order valence-corrected chi connectivity index (χ1v) is 9.41. The number of primary amides is 1. The zero-order chi connectivity index (χ0) is 21.5. The number of carbonyl (C=O) groups is 2. The minimum absolute atomic E-state index is 0.293. The minimum Gasteiger partial charge on any atom is -0.397 e. The van der Waals surface area contributed by atoms with Gasteiger partial charge in [-0.3, -0.25) is 9.59 Å². The van der Waals surface area contributed by atoms with Crippen LogP contribution in [-0.2, 0) is 0 Å². The molecule has 3 rings (SSSR count). The van der Waals surface area contributed by atoms with Gasteiger partial charge in [0.05, 0.1) is 11.4 Å². The summed E-state index contributed by atoms with van der Waals surface area (Å²) in [7, 11) is 0. The predicted molar refractivity (Wildman–Crippen MR) is 118 cm³/mol. The molecule has 0 saturated heterocycles. The number of para-hydroxylation sites is 2. The van der Waals surface area contributed by atoms with Crippen LogP contribution < -0.4 is 27.4 Å². The average Bonchev–Trinajstić information content (AvgIpc) is 2.74. The van der Waals surface area contributed by atoms with Crippen LogP contribution in [0.15, 0.2) is 54.7 Å². The minimum atomic E-state index is -0.502. The molecule has 0 atom stereocenters. The maximum absolute atomic E-state index is 12.8. The van der Waals surface area contributed by atoms with Crippen LogP contribution in [0.3, 0.4) is 0 Å². The summed E-state index contributed by atoms with van der Waals surface area (Å²) in [5, 5.41) is 8.98. The molecule has 0 spiro atoms. The third kappa shape index (κ3) is 5.02. The lowest BCUT2D eigenvalue weighted by atomic mass is 10.2. The van der Waals surface area contributed by atoms with Crippen molar-refractivity contribution in [3.63, 3.8) is 0 Å². The summed E-state index contributed by atoms with van der Waals surface area (Å²) in [5.74, 6) is -0.173. The van der Waals surface area contributed by atoms with Crippen molar-refractivity contribution in [3.8, 4) is 0 Å². The van der Waals surface area contributed by atoms with E-state index in [1.165, 1.54) is 6.20 Å². The molecule has 154 valence electrons. The Morgan fingerprint density at radius 1 is 1.07 bits per heavy atom. The fraction of sp³-hybridized carbons (Fsp3) is 0.143. The van der Waals surface area contributed by atoms with Crippen LogP contribution in [-0.4, -0.2) is 28.3 Å². The van der Waals surface area contributed by atoms with E-state index in [0.717, 1.165) is 6.42 Å². The molecule has 9 heteroatoms. The second-order valence-corrected chi connectivity index (χ2v) is 6.49. The van der Waals surface area contributed by atoms with Gasteiger partial charge in [-0.2, -0.15) is 4.98 Å². The van der Waals surface area contributed by atoms with Crippen LogP contribution >= 0.6 is 0 Å². The van der Waals surface area contributed by atoms with Crippen LogP contribution in [0.25, 0.3) is 0 Å². The number of amides is 2. The quantitative estimate of drug-likeness (QED) is 0.362. The highest BCUT2D eigenvalue weighted by atomic mass is 16.2. The van der Waals surface area contributed by atoms with E-state index >= 15 is 0 Å². The Morgan fingerprint density at radius 3 is 2.47 bits per heavy atom. The van der Waals surface area contributed by atoms with Gasteiger partial charge in [0, 0.05) is 24.0 Å². The molecule has 9 nitrogen and oxygen atoms in total. The molecule has 0 aliphatic rings. The molecule has 0 bridgehead atoms. The molecule has 7 N–H and O–H groups in total. The van der Waals surface area contributed by atoms with Crippen molar-refractivity contribution >= 4 is 40.6 Å². The molecule has 0 unspecified atom stereocenters. The summed E-state index contributed by atoms with van der Waals surface area (Å²) >= 11 is 0. The topological polar surface area (TPSA) is 148 Å². The van der Waals surface area contributed by atoms with Crippen molar-refractivity contribution in [3.05, 3.63) is 65.9 Å². The van der Waals surface area contributed by atoms with Gasteiger partial charge in [-0.1, -0.05) is 19.1 Å². The highest BCUT2D eigenvalue weighted by Gasteiger charge is 2.16. The second-order valence-electron chi connectivity index (χ2n) is 6.49. The van der Waals surface area contributed by atoms with Gasteiger partial charge in [0.2, 0.25) is 11.9 Å². The first-order chi connectivity index (χ1) is 14.5. The number of nitrogens with one attached hydrogen (secondary N) is 3. The summed E-state index contributed by atoms with van der Waals surface area (Å²) in [5.41, 5.74) is 13.5. The van der Waals surface area contributed by atoms with Crippen molar-refractivity contribution in [2.75, 3.05) is 28.2 Å². The van der Waals surface area contributed by atoms with E-state index in [9.17, 15) is 9.59 Å². The first kappa shape index (κ1) is 20.6. The highest BCUT2D eigenvalue weighted by molar-refractivity contribution is 6.08. The molecular weight excluding hydrogens is 382 g/mol. The zero-order valence-electron chi connectivity index (χ0n) is 16.5. The largest absolute Gasteiger partial charge is 0.397 e. The van der Waals surface area contributed by atoms with Gasteiger partial charge in [-0.05, 0) is 42.8 Å². The molecule has 1 aromatic heterocycles. The smallest absolute Gasteiger partial charge is 0.261 e. The number of hydrogen-bond donors (Lipinski definition) is 5. The summed E-state index contributed by atoms with van der Waals surface area (Å²) in [6.07, 6.45) is 2.30. The maximum Gasteiger partial charge on any atom is 0.261 e. The molecule has 3 aromatic rings. The summed E-state index contributed by atoms with van der Waals surface area (Å²) in [6, 6.07) is 13.6. The standard InChI is InChI=1S/C21H23N7O2/c1-2-11-24-19-15(20(30)27-17-6-4-3-5-16(17)22)12-25-21(28-19)26-14-9-7-13(8-10-14)18(23)29/h3-10,12H,2,11,22H2,1H3,(H2,23,29)(H,27,30)(H2,24,25,26,28). The Labute approximate surface area is 173 Å². The lowest BCUT2D eigenvalue weighted by molar-refractivity contribution is 0.0997. The van der Waals surface area contributed by atoms with Gasteiger partial charge in [-0.25, -0.2) is 4.98 Å². The van der Waals surface area contributed by atoms with Gasteiger partial charge in [0.25, 0.3) is 5.91 Å². The number of nitrogen functional groups attached to an aromatic ring is 1. The SMILES string of the molecule is CCCNc1nc(Nc2ccc(C(N)=O)cc2)ncc1C(=O)Nc1ccccc1N. The van der Waals surface area contributed by atoms with Crippen LogP contribution in [0.1, 0.15) is 34.1 Å². The maximum atomic E-state index is 12.8. The number of rotatable bonds is 8. The van der Waals surface area contributed by atoms with Gasteiger partial charge in [0.1, 0.15) is 11.4 Å². The van der Waals surface area contributed by atoms with Gasteiger partial charge in [0.15, 0.2) is 0 Å². The zero-order valence-corrected chi connectivity index (χ0v) is 16.5. The molecule has 2 aromatic carbocycles. The fourth-order valence-electron chi connectivity index (χ4n) is 2.63. The van der Waals surface area contributed by atoms with E-state index in [1.54, 1.807) is 48.5 Å². The van der Waals surface area contributed by atoms with Crippen LogP contribution in [0.2, 0.25) is 0 Å². The molecular formula is C21H23N7O2. The summed E-state index contributed by atoms with van der Waals surface area (Å²) in [4.78, 5) is 32.6. The van der Waals surface area contributed by atoms with Crippen molar-refractivity contribution < 1.29 is 9.59 Å². The number of carbonyl (C=O) groups excluding carboxylic acids is 2. The number of nitrogens with two attached hydrogens (primary N) is 2. The average molecular weight is 405 g/mol. The molecule has 0 aliphatic carbocycles. The fourth-order valence-corrected chi connectivity index (χ4v) is 2.63. The molecule has 0 aliphatic heterocycles. The van der Waals surface area contributed by atoms with Crippen molar-refractivity contribution in [2.24, 2.45) is 5.73 Å². The molecule has 0 saturated carbocycles. The van der Waals surface area contributed by atoms with E-state index in [0.29, 0.717) is 46.5 Å². The number of aromatic nitrogens is 2. The van der Waals surface area contributed by atoms with E-state index in [-0.39, 0.29) is 5.91 Å². The third-order valence-electron chi connectivity index (χ3n) is 4.21. The number of hydrogen-bond acceptors (Lipinski definition) is 7. The monoisotopic (exact) mass is 405 g/mol. The molecule has 0 radical (unpaired) electrons. The van der Waals surface area contributed by atoms with Crippen molar-refractivity contribution in [1.29, 1.82) is 0 Å². The Hall–Kier alpha value is -4.14. The first-order valence-electron chi connectivity index (χ1n) is 9.41. The molecule has 1 heterocycles. The molecule has 2 amide bonds. The van der Waals surface area contributed by atoms with Crippen molar-refractivity contribution in [1.82, 2.24) is 9.97 Å². The Kier molecular flexibility index (Phi) is 6.43. The van der Waals surface area contributed by atoms with E-state index in [1.807, 2.05) is 6.92 Å². The van der Waals surface area contributed by atoms with E-state index < -0.39 is 5.91 Å². The summed E-state index contributed by atoms with van der Waals surface area (Å²) < 4.78 is 0. The molecule has 30 heavy (non-hydrogen) atoms. The van der Waals surface area contributed by atoms with E-state index in [2.05, 4.69) is 25.9 Å². The van der Waals surface area contributed by atoms with Crippen LogP contribution in [0, 0.1) is 0 Å². The number of anilines is 5. The number of benzene rings is 2. The second kappa shape index (κ2) is 9.37. The highest BCUT2D eigenvalue weighted by Crippen LogP contribution is 2.22. The van der Waals surface area contributed by atoms with Gasteiger partial charge < -0.3 is 27.4 Å². The van der Waals surface area contributed by atoms with Crippen LogP contribution in [0.5, 0.6) is 0 Å². The van der Waals surface area contributed by atoms with Crippen LogP contribution in [0.4, 0.5) is 28.8 Å². The predicted octanol–water partition coefficient (Wildman–Crippen LogP) is 2.98. The lowest BCUT2D eigenvalue weighted by Gasteiger charge is -2.13. The summed E-state index contributed by atoms with van der Waals surface area (Å²) in [6.45, 7) is 2.65. The lowest BCUT2D eigenvalue weighted by Crippen LogP contribution is -2.18. The molecule has 0 fully saturated rings. The Morgan fingerprint density at radius 2 is 1.80 bits per heavy atom. The Bertz CT molecular complexity index is 1050. The Balaban J connectivity index is 1.83. The van der Waals surface area contributed by atoms with E-state index in [4.69, 9.17) is 11.5 Å². The van der Waals surface area contributed by atoms with Gasteiger partial charge >= 0.3 is 0 Å². The number of nitrogens with zero attached hydrogens (tertiary/aromatic N) is 2. The third-order valence-corrected chi connectivity index (χ3v) is 4.21. The normalized spacial score (nSPS) is 10.3.